The van der Waals surface area contributed by atoms with Gasteiger partial charge in [0.15, 0.2) is 5.12 Å². The summed E-state index contributed by atoms with van der Waals surface area (Å²) in [6.07, 6.45) is 2.12. The van der Waals surface area contributed by atoms with Gasteiger partial charge in [-0.05, 0) is 24.8 Å². The van der Waals surface area contributed by atoms with Crippen LogP contribution in [-0.2, 0) is 26.1 Å². The predicted octanol–water partition coefficient (Wildman–Crippen LogP) is -1.33. The Labute approximate surface area is 181 Å². The van der Waals surface area contributed by atoms with E-state index < -0.39 is 21.8 Å². The van der Waals surface area contributed by atoms with Crippen molar-refractivity contribution >= 4 is 32.9 Å². The van der Waals surface area contributed by atoms with Crippen LogP contribution in [0.1, 0.15) is 25.3 Å². The van der Waals surface area contributed by atoms with Gasteiger partial charge in [-0.25, -0.2) is 8.42 Å². The number of amides is 1. The molecular formula is C17H22NNaO5S2. The van der Waals surface area contributed by atoms with Crippen molar-refractivity contribution in [1.82, 2.24) is 4.90 Å². The molecule has 1 aromatic carbocycles. The smallest absolute Gasteiger partial charge is 0.748 e. The summed E-state index contributed by atoms with van der Waals surface area (Å²) in [5.74, 6) is -0.834. The molecule has 0 radical (unpaired) electrons. The molecule has 0 aromatic heterocycles. The summed E-state index contributed by atoms with van der Waals surface area (Å²) in [5, 5.41) is -0.0639. The van der Waals surface area contributed by atoms with Crippen LogP contribution in [0, 0.1) is 5.92 Å². The molecule has 2 rings (SSSR count). The topological polar surface area (TPSA) is 94.6 Å². The number of benzene rings is 1. The van der Waals surface area contributed by atoms with Gasteiger partial charge < -0.3 is 9.45 Å². The van der Waals surface area contributed by atoms with Gasteiger partial charge in [0.1, 0.15) is 0 Å². The van der Waals surface area contributed by atoms with E-state index >= 15 is 0 Å². The Morgan fingerprint density at radius 3 is 2.38 bits per heavy atom. The van der Waals surface area contributed by atoms with Crippen molar-refractivity contribution in [2.24, 2.45) is 5.92 Å². The molecule has 0 aliphatic heterocycles. The van der Waals surface area contributed by atoms with Crippen molar-refractivity contribution < 1.29 is 52.1 Å². The minimum absolute atomic E-state index is 0. The molecule has 1 aliphatic rings. The van der Waals surface area contributed by atoms with Crippen molar-refractivity contribution in [3.8, 4) is 0 Å². The molecule has 26 heavy (non-hydrogen) atoms. The molecule has 0 heterocycles. The maximum atomic E-state index is 13.0. The first-order valence-electron chi connectivity index (χ1n) is 8.17. The number of thioether (sulfide) groups is 1. The summed E-state index contributed by atoms with van der Waals surface area (Å²) in [5.41, 5.74) is 0.984. The summed E-state index contributed by atoms with van der Waals surface area (Å²) >= 11 is 1.09. The molecule has 1 atom stereocenters. The second kappa shape index (κ2) is 10.8. The van der Waals surface area contributed by atoms with Gasteiger partial charge in [0, 0.05) is 25.3 Å². The normalized spacial score (nSPS) is 15.0. The first-order chi connectivity index (χ1) is 11.8. The number of nitrogens with zero attached hydrogens (tertiary/aromatic N) is 1. The molecule has 9 heteroatoms. The van der Waals surface area contributed by atoms with Gasteiger partial charge in [-0.2, -0.15) is 0 Å². The zero-order valence-corrected chi connectivity index (χ0v) is 18.7. The van der Waals surface area contributed by atoms with Crippen LogP contribution in [0.15, 0.2) is 30.3 Å². The average Bonchev–Trinajstić information content (AvgIpc) is 3.36. The minimum Gasteiger partial charge on any atom is -0.748 e. The third kappa shape index (κ3) is 8.54. The first-order valence-corrected chi connectivity index (χ1v) is 10.7. The van der Waals surface area contributed by atoms with Gasteiger partial charge in [-0.1, -0.05) is 42.1 Å². The standard InChI is InChI=1S/C17H23NO5S2.Na/c1-13(19)24-12-15(11-14-5-3-2-4-6-14)17(20)18(16-7-8-16)9-10-25(21,22)23;/h2-6,15-16H,7-12H2,1H3,(H,21,22,23);/q;+1/p-1. The van der Waals surface area contributed by atoms with Gasteiger partial charge in [0.2, 0.25) is 5.91 Å². The van der Waals surface area contributed by atoms with Crippen LogP contribution in [0.25, 0.3) is 0 Å². The predicted molar refractivity (Wildman–Crippen MR) is 96.1 cm³/mol. The fourth-order valence-electron chi connectivity index (χ4n) is 2.64. The summed E-state index contributed by atoms with van der Waals surface area (Å²) in [6.45, 7) is 1.38. The van der Waals surface area contributed by atoms with Gasteiger partial charge in [0.05, 0.1) is 21.8 Å². The molecular weight excluding hydrogens is 385 g/mol. The molecule has 1 aromatic rings. The molecule has 6 nitrogen and oxygen atoms in total. The van der Waals surface area contributed by atoms with E-state index in [-0.39, 0.29) is 53.2 Å². The summed E-state index contributed by atoms with van der Waals surface area (Å²) in [4.78, 5) is 25.8. The van der Waals surface area contributed by atoms with Crippen molar-refractivity contribution in [1.29, 1.82) is 0 Å². The molecule has 0 bridgehead atoms. The summed E-state index contributed by atoms with van der Waals surface area (Å²) in [6, 6.07) is 9.51. The van der Waals surface area contributed by atoms with E-state index in [4.69, 9.17) is 0 Å². The Morgan fingerprint density at radius 1 is 1.27 bits per heavy atom. The number of carbonyl (C=O) groups is 2. The van der Waals surface area contributed by atoms with Crippen LogP contribution in [0.3, 0.4) is 0 Å². The fourth-order valence-corrected chi connectivity index (χ4v) is 3.75. The number of rotatable bonds is 9. The Morgan fingerprint density at radius 2 is 1.88 bits per heavy atom. The van der Waals surface area contributed by atoms with Crippen LogP contribution in [0.2, 0.25) is 0 Å². The van der Waals surface area contributed by atoms with Gasteiger partial charge in [0.25, 0.3) is 0 Å². The van der Waals surface area contributed by atoms with Crippen LogP contribution >= 0.6 is 11.8 Å². The summed E-state index contributed by atoms with van der Waals surface area (Å²) < 4.78 is 32.8. The van der Waals surface area contributed by atoms with E-state index in [1.807, 2.05) is 30.3 Å². The Bertz CT molecular complexity index is 707. The van der Waals surface area contributed by atoms with Crippen LogP contribution in [0.4, 0.5) is 0 Å². The monoisotopic (exact) mass is 407 g/mol. The molecule has 1 amide bonds. The zero-order chi connectivity index (χ0) is 18.4. The first kappa shape index (κ1) is 23.7. The summed E-state index contributed by atoms with van der Waals surface area (Å²) in [7, 11) is -4.37. The van der Waals surface area contributed by atoms with E-state index in [0.717, 1.165) is 30.2 Å². The molecule has 0 saturated heterocycles. The van der Waals surface area contributed by atoms with Crippen molar-refractivity contribution in [3.63, 3.8) is 0 Å². The average molecular weight is 407 g/mol. The van der Waals surface area contributed by atoms with Crippen LogP contribution < -0.4 is 29.6 Å². The molecule has 1 aliphatic carbocycles. The van der Waals surface area contributed by atoms with E-state index in [0.29, 0.717) is 12.2 Å². The molecule has 1 unspecified atom stereocenters. The second-order valence-corrected chi connectivity index (χ2v) is 8.93. The van der Waals surface area contributed by atoms with Crippen molar-refractivity contribution in [3.05, 3.63) is 35.9 Å². The quantitative estimate of drug-likeness (QED) is 0.372. The molecule has 138 valence electrons. The Kier molecular flexibility index (Phi) is 9.85. The Balaban J connectivity index is 0.00000338. The molecule has 1 fully saturated rings. The van der Waals surface area contributed by atoms with Crippen molar-refractivity contribution in [2.45, 2.75) is 32.2 Å². The van der Waals surface area contributed by atoms with E-state index in [9.17, 15) is 22.6 Å². The van der Waals surface area contributed by atoms with E-state index in [1.165, 1.54) is 11.8 Å². The van der Waals surface area contributed by atoms with E-state index in [1.54, 1.807) is 0 Å². The van der Waals surface area contributed by atoms with Crippen molar-refractivity contribution in [2.75, 3.05) is 18.1 Å². The second-order valence-electron chi connectivity index (χ2n) is 6.21. The molecule has 0 spiro atoms. The maximum absolute atomic E-state index is 13.0. The SMILES string of the molecule is CC(=O)SCC(Cc1ccccc1)C(=O)N(CCS(=O)(=O)[O-])C1CC1.[Na+]. The van der Waals surface area contributed by atoms with Crippen LogP contribution in [0.5, 0.6) is 0 Å². The van der Waals surface area contributed by atoms with Crippen LogP contribution in [-0.4, -0.2) is 53.0 Å². The fraction of sp³-hybridized carbons (Fsp3) is 0.529. The molecule has 1 saturated carbocycles. The zero-order valence-electron chi connectivity index (χ0n) is 15.1. The minimum atomic E-state index is -4.37. The number of hydrogen-bond donors (Lipinski definition) is 0. The third-order valence-electron chi connectivity index (χ3n) is 4.01. The third-order valence-corrected chi connectivity index (χ3v) is 5.67. The van der Waals surface area contributed by atoms with E-state index in [2.05, 4.69) is 0 Å². The van der Waals surface area contributed by atoms with Gasteiger partial charge >= 0.3 is 29.6 Å². The van der Waals surface area contributed by atoms with Gasteiger partial charge in [-0.3, -0.25) is 9.59 Å². The molecule has 0 N–H and O–H groups in total. The largest absolute Gasteiger partial charge is 1.00 e. The Hall–Kier alpha value is -0.380. The van der Waals surface area contributed by atoms with Gasteiger partial charge in [-0.15, -0.1) is 0 Å². The number of carbonyl (C=O) groups excluding carboxylic acids is 2. The maximum Gasteiger partial charge on any atom is 1.00 e. The number of hydrogen-bond acceptors (Lipinski definition) is 6.